The number of benzene rings is 1. The molecule has 2 aromatic rings. The molecule has 1 aromatic heterocycles. The van der Waals surface area contributed by atoms with Crippen LogP contribution in [0.4, 0.5) is 8.78 Å². The zero-order chi connectivity index (χ0) is 11.5. The fourth-order valence-corrected chi connectivity index (χ4v) is 1.54. The summed E-state index contributed by atoms with van der Waals surface area (Å²) in [6, 6.07) is 3.44. The lowest BCUT2D eigenvalue weighted by atomic mass is 10.2. The molecule has 3 nitrogen and oxygen atoms in total. The molecule has 1 aromatic carbocycles. The minimum atomic E-state index is -0.620. The summed E-state index contributed by atoms with van der Waals surface area (Å²) < 4.78 is 28.0. The fraction of sp³-hybridized carbons (Fsp3) is 0.273. The lowest BCUT2D eigenvalue weighted by Crippen LogP contribution is -2.00. The summed E-state index contributed by atoms with van der Waals surface area (Å²) in [7, 11) is 0. The summed E-state index contributed by atoms with van der Waals surface area (Å²) in [6.45, 7) is 2.71. The Morgan fingerprint density at radius 3 is 2.81 bits per heavy atom. The number of rotatable bonds is 3. The molecule has 2 rings (SSSR count). The minimum absolute atomic E-state index is 0.271. The Labute approximate surface area is 91.7 Å². The van der Waals surface area contributed by atoms with Crippen molar-refractivity contribution >= 4 is 0 Å². The zero-order valence-electron chi connectivity index (χ0n) is 8.82. The molecule has 0 saturated heterocycles. The topological polar surface area (TPSA) is 30.7 Å². The number of halogens is 2. The molecule has 0 bridgehead atoms. The predicted octanol–water partition coefficient (Wildman–Crippen LogP) is 2.63. The van der Waals surface area contributed by atoms with Crippen molar-refractivity contribution in [2.75, 3.05) is 0 Å². The summed E-state index contributed by atoms with van der Waals surface area (Å²) >= 11 is 0. The average Bonchev–Trinajstić information content (AvgIpc) is 2.67. The fourth-order valence-electron chi connectivity index (χ4n) is 1.54. The third kappa shape index (κ3) is 1.93. The van der Waals surface area contributed by atoms with Crippen LogP contribution in [0.15, 0.2) is 24.5 Å². The third-order valence-electron chi connectivity index (χ3n) is 2.25. The molecule has 0 radical (unpaired) electrons. The van der Waals surface area contributed by atoms with E-state index in [0.29, 0.717) is 12.4 Å². The molecule has 0 aliphatic heterocycles. The summed E-state index contributed by atoms with van der Waals surface area (Å²) in [4.78, 5) is 0. The van der Waals surface area contributed by atoms with Crippen molar-refractivity contribution in [2.24, 2.45) is 0 Å². The van der Waals surface area contributed by atoms with Crippen LogP contribution in [0.5, 0.6) is 0 Å². The van der Waals surface area contributed by atoms with Crippen LogP contribution in [-0.2, 0) is 6.54 Å². The smallest absolute Gasteiger partial charge is 0.166 e. The van der Waals surface area contributed by atoms with E-state index in [9.17, 15) is 8.78 Å². The van der Waals surface area contributed by atoms with E-state index in [4.69, 9.17) is 0 Å². The molecular weight excluding hydrogens is 212 g/mol. The molecule has 0 N–H and O–H groups in total. The van der Waals surface area contributed by atoms with Gasteiger partial charge in [-0.1, -0.05) is 6.92 Å². The first-order valence-corrected chi connectivity index (χ1v) is 5.05. The van der Waals surface area contributed by atoms with Crippen LogP contribution in [0, 0.1) is 11.6 Å². The summed E-state index contributed by atoms with van der Waals surface area (Å²) in [5.41, 5.74) is 0.271. The number of hydrogen-bond donors (Lipinski definition) is 0. The van der Waals surface area contributed by atoms with Gasteiger partial charge >= 0.3 is 0 Å². The molecule has 84 valence electrons. The van der Waals surface area contributed by atoms with Gasteiger partial charge in [-0.05, 0) is 18.6 Å². The second-order valence-corrected chi connectivity index (χ2v) is 3.47. The molecule has 0 fully saturated rings. The highest BCUT2D eigenvalue weighted by Crippen LogP contribution is 2.21. The SMILES string of the molecule is CCCn1cnnc1-c1ccc(F)cc1F. The van der Waals surface area contributed by atoms with Gasteiger partial charge in [0.1, 0.15) is 18.0 Å². The van der Waals surface area contributed by atoms with Gasteiger partial charge in [-0.15, -0.1) is 10.2 Å². The number of aryl methyl sites for hydroxylation is 1. The Bertz CT molecular complexity index is 494. The van der Waals surface area contributed by atoms with Gasteiger partial charge in [0.15, 0.2) is 5.82 Å². The van der Waals surface area contributed by atoms with Crippen LogP contribution in [0.2, 0.25) is 0 Å². The highest BCUT2D eigenvalue weighted by Gasteiger charge is 2.12. The Morgan fingerprint density at radius 1 is 1.31 bits per heavy atom. The maximum atomic E-state index is 13.5. The van der Waals surface area contributed by atoms with E-state index in [2.05, 4.69) is 10.2 Å². The van der Waals surface area contributed by atoms with Gasteiger partial charge in [-0.25, -0.2) is 8.78 Å². The Kier molecular flexibility index (Phi) is 2.94. The van der Waals surface area contributed by atoms with E-state index in [1.54, 1.807) is 10.9 Å². The van der Waals surface area contributed by atoms with Crippen LogP contribution in [0.3, 0.4) is 0 Å². The maximum Gasteiger partial charge on any atom is 0.166 e. The Balaban J connectivity index is 2.46. The zero-order valence-corrected chi connectivity index (χ0v) is 8.82. The van der Waals surface area contributed by atoms with Crippen molar-refractivity contribution < 1.29 is 8.78 Å². The van der Waals surface area contributed by atoms with E-state index in [-0.39, 0.29) is 5.56 Å². The highest BCUT2D eigenvalue weighted by molar-refractivity contribution is 5.55. The first kappa shape index (κ1) is 10.7. The summed E-state index contributed by atoms with van der Waals surface area (Å²) in [6.07, 6.45) is 2.44. The number of aromatic nitrogens is 3. The van der Waals surface area contributed by atoms with E-state index in [1.165, 1.54) is 12.1 Å². The van der Waals surface area contributed by atoms with Crippen LogP contribution in [-0.4, -0.2) is 14.8 Å². The van der Waals surface area contributed by atoms with Gasteiger partial charge in [0.25, 0.3) is 0 Å². The molecule has 0 saturated carbocycles. The highest BCUT2D eigenvalue weighted by atomic mass is 19.1. The quantitative estimate of drug-likeness (QED) is 0.800. The lowest BCUT2D eigenvalue weighted by molar-refractivity contribution is 0.583. The normalized spacial score (nSPS) is 10.7. The number of hydrogen-bond acceptors (Lipinski definition) is 2. The first-order valence-electron chi connectivity index (χ1n) is 5.05. The molecule has 0 amide bonds. The first-order chi connectivity index (χ1) is 7.72. The molecule has 0 unspecified atom stereocenters. The molecule has 0 spiro atoms. The Hall–Kier alpha value is -1.78. The number of nitrogens with zero attached hydrogens (tertiary/aromatic N) is 3. The van der Waals surface area contributed by atoms with Crippen LogP contribution < -0.4 is 0 Å². The molecular formula is C11H11F2N3. The Morgan fingerprint density at radius 2 is 2.12 bits per heavy atom. The van der Waals surface area contributed by atoms with Crippen molar-refractivity contribution in [3.8, 4) is 11.4 Å². The second kappa shape index (κ2) is 4.38. The van der Waals surface area contributed by atoms with E-state index >= 15 is 0 Å². The van der Waals surface area contributed by atoms with Gasteiger partial charge in [-0.2, -0.15) is 0 Å². The maximum absolute atomic E-state index is 13.5. The van der Waals surface area contributed by atoms with Crippen LogP contribution in [0.25, 0.3) is 11.4 Å². The van der Waals surface area contributed by atoms with E-state index in [1.807, 2.05) is 6.92 Å². The molecule has 5 heteroatoms. The van der Waals surface area contributed by atoms with Crippen molar-refractivity contribution in [2.45, 2.75) is 19.9 Å². The van der Waals surface area contributed by atoms with Crippen LogP contribution in [0.1, 0.15) is 13.3 Å². The average molecular weight is 223 g/mol. The van der Waals surface area contributed by atoms with E-state index in [0.717, 1.165) is 12.5 Å². The van der Waals surface area contributed by atoms with Gasteiger partial charge in [0, 0.05) is 12.6 Å². The van der Waals surface area contributed by atoms with Crippen molar-refractivity contribution in [1.29, 1.82) is 0 Å². The van der Waals surface area contributed by atoms with Gasteiger partial charge in [-0.3, -0.25) is 0 Å². The summed E-state index contributed by atoms with van der Waals surface area (Å²) in [5, 5.41) is 7.58. The monoisotopic (exact) mass is 223 g/mol. The van der Waals surface area contributed by atoms with Crippen molar-refractivity contribution in [3.05, 3.63) is 36.2 Å². The largest absolute Gasteiger partial charge is 0.314 e. The second-order valence-electron chi connectivity index (χ2n) is 3.47. The minimum Gasteiger partial charge on any atom is -0.314 e. The van der Waals surface area contributed by atoms with Crippen molar-refractivity contribution in [1.82, 2.24) is 14.8 Å². The summed E-state index contributed by atoms with van der Waals surface area (Å²) in [5.74, 6) is -0.785. The predicted molar refractivity (Wildman–Crippen MR) is 55.7 cm³/mol. The van der Waals surface area contributed by atoms with Gasteiger partial charge in [0.2, 0.25) is 0 Å². The van der Waals surface area contributed by atoms with Crippen molar-refractivity contribution in [3.63, 3.8) is 0 Å². The molecule has 16 heavy (non-hydrogen) atoms. The van der Waals surface area contributed by atoms with Crippen LogP contribution >= 0.6 is 0 Å². The molecule has 1 heterocycles. The van der Waals surface area contributed by atoms with E-state index < -0.39 is 11.6 Å². The third-order valence-corrected chi connectivity index (χ3v) is 2.25. The van der Waals surface area contributed by atoms with Gasteiger partial charge < -0.3 is 4.57 Å². The lowest BCUT2D eigenvalue weighted by Gasteiger charge is -2.05. The molecule has 0 aliphatic carbocycles. The molecule has 0 aliphatic rings. The standard InChI is InChI=1S/C11H11F2N3/c1-2-5-16-7-14-15-11(16)9-4-3-8(12)6-10(9)13/h3-4,6-7H,2,5H2,1H3. The van der Waals surface area contributed by atoms with Gasteiger partial charge in [0.05, 0.1) is 5.56 Å². The molecule has 0 atom stereocenters.